The van der Waals surface area contributed by atoms with Gasteiger partial charge < -0.3 is 10.2 Å². The largest absolute Gasteiger partial charge is 0.369 e. The van der Waals surface area contributed by atoms with Crippen molar-refractivity contribution in [2.45, 2.75) is 38.8 Å². The molecule has 0 radical (unpaired) electrons. The molecule has 31 heavy (non-hydrogen) atoms. The van der Waals surface area contributed by atoms with Crippen LogP contribution in [-0.2, 0) is 11.3 Å². The van der Waals surface area contributed by atoms with Gasteiger partial charge in [0, 0.05) is 45.0 Å². The van der Waals surface area contributed by atoms with E-state index >= 15 is 0 Å². The van der Waals surface area contributed by atoms with Crippen LogP contribution in [0.25, 0.3) is 0 Å². The number of nitrogens with zero attached hydrogens (tertiary/aromatic N) is 3. The third kappa shape index (κ3) is 6.08. The van der Waals surface area contributed by atoms with Gasteiger partial charge in [0.25, 0.3) is 0 Å². The second kappa shape index (κ2) is 10.8. The maximum atomic E-state index is 12.8. The molecular weight excluding hydrogens is 384 g/mol. The van der Waals surface area contributed by atoms with Crippen molar-refractivity contribution in [3.8, 4) is 0 Å². The first-order chi connectivity index (χ1) is 15.2. The van der Waals surface area contributed by atoms with Gasteiger partial charge in [0.15, 0.2) is 0 Å². The fourth-order valence-corrected chi connectivity index (χ4v) is 4.82. The summed E-state index contributed by atoms with van der Waals surface area (Å²) in [5.74, 6) is 0.206. The topological polar surface area (TPSA) is 38.8 Å². The highest BCUT2D eigenvalue weighted by Crippen LogP contribution is 2.20. The Balaban J connectivity index is 1.14. The van der Waals surface area contributed by atoms with E-state index in [1.807, 2.05) is 6.07 Å². The van der Waals surface area contributed by atoms with Crippen LogP contribution in [0.4, 0.5) is 5.69 Å². The SMILES string of the molecule is Cc1cccc(N2CCN(CCCNC(=O)C3CCCN3Cc3ccccc3)CC2)c1. The summed E-state index contributed by atoms with van der Waals surface area (Å²) in [6.07, 6.45) is 3.09. The molecule has 1 N–H and O–H groups in total. The number of piperazine rings is 1. The summed E-state index contributed by atoms with van der Waals surface area (Å²) in [6.45, 7) is 10.2. The molecule has 166 valence electrons. The Hall–Kier alpha value is -2.37. The van der Waals surface area contributed by atoms with Crippen LogP contribution in [0.1, 0.15) is 30.4 Å². The lowest BCUT2D eigenvalue weighted by molar-refractivity contribution is -0.125. The summed E-state index contributed by atoms with van der Waals surface area (Å²) in [5.41, 5.74) is 3.94. The molecule has 5 heteroatoms. The molecule has 2 aromatic carbocycles. The number of hydrogen-bond donors (Lipinski definition) is 1. The molecule has 1 unspecified atom stereocenters. The molecule has 0 saturated carbocycles. The lowest BCUT2D eigenvalue weighted by atomic mass is 10.1. The van der Waals surface area contributed by atoms with E-state index in [4.69, 9.17) is 0 Å². The molecule has 2 aliphatic rings. The number of likely N-dealkylation sites (tertiary alicyclic amines) is 1. The fourth-order valence-electron chi connectivity index (χ4n) is 4.82. The highest BCUT2D eigenvalue weighted by molar-refractivity contribution is 5.82. The van der Waals surface area contributed by atoms with Gasteiger partial charge in [-0.1, -0.05) is 42.5 Å². The van der Waals surface area contributed by atoms with Crippen molar-refractivity contribution >= 4 is 11.6 Å². The average molecular weight is 421 g/mol. The van der Waals surface area contributed by atoms with Crippen LogP contribution in [0, 0.1) is 6.92 Å². The smallest absolute Gasteiger partial charge is 0.237 e. The molecule has 5 nitrogen and oxygen atoms in total. The monoisotopic (exact) mass is 420 g/mol. The second-order valence-corrected chi connectivity index (χ2v) is 8.93. The lowest BCUT2D eigenvalue weighted by Crippen LogP contribution is -2.47. The summed E-state index contributed by atoms with van der Waals surface area (Å²) in [7, 11) is 0. The van der Waals surface area contributed by atoms with Crippen molar-refractivity contribution in [2.24, 2.45) is 0 Å². The third-order valence-corrected chi connectivity index (χ3v) is 6.58. The number of amides is 1. The van der Waals surface area contributed by atoms with Crippen LogP contribution < -0.4 is 10.2 Å². The van der Waals surface area contributed by atoms with Crippen LogP contribution >= 0.6 is 0 Å². The van der Waals surface area contributed by atoms with Crippen molar-refractivity contribution < 1.29 is 4.79 Å². The highest BCUT2D eigenvalue weighted by atomic mass is 16.2. The van der Waals surface area contributed by atoms with E-state index in [9.17, 15) is 4.79 Å². The molecule has 2 aromatic rings. The molecule has 0 aromatic heterocycles. The number of carbonyl (C=O) groups excluding carboxylic acids is 1. The van der Waals surface area contributed by atoms with Gasteiger partial charge in [-0.05, 0) is 62.5 Å². The van der Waals surface area contributed by atoms with Crippen LogP contribution in [-0.4, -0.2) is 67.6 Å². The van der Waals surface area contributed by atoms with Crippen LogP contribution in [0.3, 0.4) is 0 Å². The van der Waals surface area contributed by atoms with E-state index in [0.29, 0.717) is 0 Å². The van der Waals surface area contributed by atoms with Gasteiger partial charge in [-0.3, -0.25) is 14.6 Å². The zero-order valence-electron chi connectivity index (χ0n) is 18.8. The number of carbonyl (C=O) groups is 1. The standard InChI is InChI=1S/C26H36N4O/c1-22-8-5-11-24(20-22)29-18-16-28(17-19-29)14-7-13-27-26(31)25-12-6-15-30(25)21-23-9-3-2-4-10-23/h2-5,8-11,20,25H,6-7,12-19,21H2,1H3,(H,27,31). The van der Waals surface area contributed by atoms with E-state index in [1.165, 1.54) is 16.8 Å². The Morgan fingerprint density at radius 2 is 1.81 bits per heavy atom. The molecular formula is C26H36N4O. The molecule has 2 saturated heterocycles. The van der Waals surface area contributed by atoms with E-state index < -0.39 is 0 Å². The van der Waals surface area contributed by atoms with Crippen molar-refractivity contribution in [3.63, 3.8) is 0 Å². The van der Waals surface area contributed by atoms with Crippen LogP contribution in [0.5, 0.6) is 0 Å². The number of nitrogens with one attached hydrogen (secondary N) is 1. The Kier molecular flexibility index (Phi) is 7.60. The third-order valence-electron chi connectivity index (χ3n) is 6.58. The van der Waals surface area contributed by atoms with Gasteiger partial charge >= 0.3 is 0 Å². The maximum Gasteiger partial charge on any atom is 0.237 e. The Morgan fingerprint density at radius 1 is 1.00 bits per heavy atom. The van der Waals surface area contributed by atoms with Crippen LogP contribution in [0.2, 0.25) is 0 Å². The van der Waals surface area contributed by atoms with Gasteiger partial charge in [-0.25, -0.2) is 0 Å². The zero-order valence-corrected chi connectivity index (χ0v) is 18.8. The van der Waals surface area contributed by atoms with Crippen molar-refractivity contribution in [1.29, 1.82) is 0 Å². The van der Waals surface area contributed by atoms with E-state index in [2.05, 4.69) is 75.5 Å². The molecule has 4 rings (SSSR count). The molecule has 2 aliphatic heterocycles. The van der Waals surface area contributed by atoms with Crippen LogP contribution in [0.15, 0.2) is 54.6 Å². The summed E-state index contributed by atoms with van der Waals surface area (Å²) in [5, 5.41) is 3.20. The number of benzene rings is 2. The summed E-state index contributed by atoms with van der Waals surface area (Å²) in [4.78, 5) is 20.1. The van der Waals surface area contributed by atoms with Gasteiger partial charge in [0.2, 0.25) is 5.91 Å². The minimum Gasteiger partial charge on any atom is -0.369 e. The fraction of sp³-hybridized carbons (Fsp3) is 0.500. The van der Waals surface area contributed by atoms with Gasteiger partial charge in [0.05, 0.1) is 6.04 Å². The first-order valence-electron chi connectivity index (χ1n) is 11.8. The highest BCUT2D eigenvalue weighted by Gasteiger charge is 2.30. The minimum absolute atomic E-state index is 0.0260. The number of aryl methyl sites for hydroxylation is 1. The van der Waals surface area contributed by atoms with Gasteiger partial charge in [-0.15, -0.1) is 0 Å². The normalized spacial score (nSPS) is 20.2. The molecule has 0 spiro atoms. The minimum atomic E-state index is 0.0260. The van der Waals surface area contributed by atoms with E-state index in [1.54, 1.807) is 0 Å². The first-order valence-corrected chi connectivity index (χ1v) is 11.8. The molecule has 0 bridgehead atoms. The predicted molar refractivity (Wildman–Crippen MR) is 127 cm³/mol. The maximum absolute atomic E-state index is 12.8. The Morgan fingerprint density at radius 3 is 2.58 bits per heavy atom. The van der Waals surface area contributed by atoms with E-state index in [-0.39, 0.29) is 11.9 Å². The van der Waals surface area contributed by atoms with E-state index in [0.717, 1.165) is 71.6 Å². The summed E-state index contributed by atoms with van der Waals surface area (Å²) < 4.78 is 0. The molecule has 2 heterocycles. The number of rotatable bonds is 8. The average Bonchev–Trinajstić information content (AvgIpc) is 3.26. The molecule has 0 aliphatic carbocycles. The molecule has 2 fully saturated rings. The quantitative estimate of drug-likeness (QED) is 0.665. The first kappa shape index (κ1) is 21.8. The zero-order chi connectivity index (χ0) is 21.5. The van der Waals surface area contributed by atoms with Gasteiger partial charge in [-0.2, -0.15) is 0 Å². The van der Waals surface area contributed by atoms with Gasteiger partial charge in [0.1, 0.15) is 0 Å². The Bertz CT molecular complexity index is 832. The summed E-state index contributed by atoms with van der Waals surface area (Å²) >= 11 is 0. The number of hydrogen-bond acceptors (Lipinski definition) is 4. The Labute approximate surface area is 187 Å². The second-order valence-electron chi connectivity index (χ2n) is 8.93. The summed E-state index contributed by atoms with van der Waals surface area (Å²) in [6, 6.07) is 19.3. The molecule has 1 atom stereocenters. The van der Waals surface area contributed by atoms with Crippen molar-refractivity contribution in [3.05, 3.63) is 65.7 Å². The lowest BCUT2D eigenvalue weighted by Gasteiger charge is -2.36. The van der Waals surface area contributed by atoms with Crippen molar-refractivity contribution in [1.82, 2.24) is 15.1 Å². The molecule has 1 amide bonds. The predicted octanol–water partition coefficient (Wildman–Crippen LogP) is 3.29. The van der Waals surface area contributed by atoms with Crippen molar-refractivity contribution in [2.75, 3.05) is 50.7 Å². The number of anilines is 1.